The summed E-state index contributed by atoms with van der Waals surface area (Å²) in [5, 5.41) is 2.10. The Morgan fingerprint density at radius 2 is 1.79 bits per heavy atom. The highest BCUT2D eigenvalue weighted by atomic mass is 79.9. The summed E-state index contributed by atoms with van der Waals surface area (Å²) in [6.45, 7) is 1.90. The van der Waals surface area contributed by atoms with Crippen molar-refractivity contribution in [2.24, 2.45) is 0 Å². The number of halogens is 1. The lowest BCUT2D eigenvalue weighted by molar-refractivity contribution is -0.130. The minimum absolute atomic E-state index is 0.174. The summed E-state index contributed by atoms with van der Waals surface area (Å²) in [5.74, 6) is -0.0132. The SMILES string of the molecule is CCCCCC(=O)NNC(=O)COc1ccc2ccccc2c1Br. The van der Waals surface area contributed by atoms with Gasteiger partial charge < -0.3 is 4.74 Å². The third-order valence-corrected chi connectivity index (χ3v) is 4.35. The Labute approximate surface area is 149 Å². The first-order valence-corrected chi connectivity index (χ1v) is 8.79. The van der Waals surface area contributed by atoms with Crippen LogP contribution in [0.1, 0.15) is 32.6 Å². The maximum atomic E-state index is 11.8. The van der Waals surface area contributed by atoms with Crippen molar-refractivity contribution in [3.05, 3.63) is 40.9 Å². The van der Waals surface area contributed by atoms with Crippen molar-refractivity contribution in [2.45, 2.75) is 32.6 Å². The topological polar surface area (TPSA) is 67.4 Å². The molecule has 2 aromatic carbocycles. The first kappa shape index (κ1) is 18.3. The second kappa shape index (κ2) is 9.27. The summed E-state index contributed by atoms with van der Waals surface area (Å²) in [5.41, 5.74) is 4.75. The molecule has 2 amide bonds. The molecule has 0 spiro atoms. The standard InChI is InChI=1S/C18H21BrN2O3/c1-2-3-4-9-16(22)20-21-17(23)12-24-15-11-10-13-7-5-6-8-14(13)18(15)19/h5-8,10-11H,2-4,9,12H2,1H3,(H,20,22)(H,21,23). The molecule has 2 N–H and O–H groups in total. The van der Waals surface area contributed by atoms with Gasteiger partial charge in [0.2, 0.25) is 5.91 Å². The lowest BCUT2D eigenvalue weighted by Crippen LogP contribution is -2.43. The highest BCUT2D eigenvalue weighted by molar-refractivity contribution is 9.10. The van der Waals surface area contributed by atoms with Crippen LogP contribution in [0.4, 0.5) is 0 Å². The van der Waals surface area contributed by atoms with Gasteiger partial charge in [-0.25, -0.2) is 0 Å². The zero-order valence-corrected chi connectivity index (χ0v) is 15.2. The number of hydrogen-bond donors (Lipinski definition) is 2. The van der Waals surface area contributed by atoms with Gasteiger partial charge in [0, 0.05) is 6.42 Å². The van der Waals surface area contributed by atoms with Crippen LogP contribution in [-0.4, -0.2) is 18.4 Å². The van der Waals surface area contributed by atoms with Crippen molar-refractivity contribution >= 4 is 38.5 Å². The fraction of sp³-hybridized carbons (Fsp3) is 0.333. The summed E-state index contributed by atoms with van der Waals surface area (Å²) in [7, 11) is 0. The Balaban J connectivity index is 1.82. The zero-order chi connectivity index (χ0) is 17.4. The normalized spacial score (nSPS) is 10.4. The minimum Gasteiger partial charge on any atom is -0.483 e. The Kier molecular flexibility index (Phi) is 7.06. The van der Waals surface area contributed by atoms with E-state index in [1.165, 1.54) is 0 Å². The molecule has 0 aliphatic heterocycles. The quantitative estimate of drug-likeness (QED) is 0.557. The first-order chi connectivity index (χ1) is 11.6. The molecule has 0 aliphatic rings. The number of unbranched alkanes of at least 4 members (excludes halogenated alkanes) is 2. The molecule has 0 fully saturated rings. The molecule has 0 bridgehead atoms. The second-order valence-electron chi connectivity index (χ2n) is 5.44. The van der Waals surface area contributed by atoms with E-state index in [0.717, 1.165) is 34.5 Å². The summed E-state index contributed by atoms with van der Waals surface area (Å²) in [4.78, 5) is 23.3. The highest BCUT2D eigenvalue weighted by Crippen LogP contribution is 2.32. The van der Waals surface area contributed by atoms with E-state index >= 15 is 0 Å². The van der Waals surface area contributed by atoms with Crippen molar-refractivity contribution in [3.63, 3.8) is 0 Å². The van der Waals surface area contributed by atoms with Crippen LogP contribution in [0.25, 0.3) is 10.8 Å². The van der Waals surface area contributed by atoms with E-state index < -0.39 is 5.91 Å². The predicted molar refractivity (Wildman–Crippen MR) is 97.6 cm³/mol. The predicted octanol–water partition coefficient (Wildman–Crippen LogP) is 3.71. The molecule has 0 radical (unpaired) electrons. The van der Waals surface area contributed by atoms with Crippen LogP contribution in [-0.2, 0) is 9.59 Å². The van der Waals surface area contributed by atoms with Crippen molar-refractivity contribution < 1.29 is 14.3 Å². The smallest absolute Gasteiger partial charge is 0.276 e. The fourth-order valence-electron chi connectivity index (χ4n) is 2.24. The maximum Gasteiger partial charge on any atom is 0.276 e. The van der Waals surface area contributed by atoms with Gasteiger partial charge in [0.15, 0.2) is 6.61 Å². The third kappa shape index (κ3) is 5.23. The van der Waals surface area contributed by atoms with Gasteiger partial charge in [-0.15, -0.1) is 0 Å². The van der Waals surface area contributed by atoms with Crippen LogP contribution in [0.15, 0.2) is 40.9 Å². The highest BCUT2D eigenvalue weighted by Gasteiger charge is 2.09. The van der Waals surface area contributed by atoms with E-state index in [9.17, 15) is 9.59 Å². The maximum absolute atomic E-state index is 11.8. The van der Waals surface area contributed by atoms with Gasteiger partial charge in [-0.05, 0) is 39.2 Å². The summed E-state index contributed by atoms with van der Waals surface area (Å²) < 4.78 is 6.33. The molecular formula is C18H21BrN2O3. The van der Waals surface area contributed by atoms with Gasteiger partial charge in [-0.3, -0.25) is 20.4 Å². The van der Waals surface area contributed by atoms with Crippen LogP contribution < -0.4 is 15.6 Å². The van der Waals surface area contributed by atoms with Gasteiger partial charge in [0.05, 0.1) is 4.47 Å². The lowest BCUT2D eigenvalue weighted by Gasteiger charge is -2.11. The molecule has 0 saturated heterocycles. The molecule has 0 heterocycles. The van der Waals surface area contributed by atoms with Crippen LogP contribution in [0.5, 0.6) is 5.75 Å². The summed E-state index contributed by atoms with van der Waals surface area (Å²) >= 11 is 3.50. The lowest BCUT2D eigenvalue weighted by atomic mass is 10.1. The first-order valence-electron chi connectivity index (χ1n) is 7.99. The fourth-order valence-corrected chi connectivity index (χ4v) is 2.85. The van der Waals surface area contributed by atoms with E-state index in [0.29, 0.717) is 12.2 Å². The van der Waals surface area contributed by atoms with E-state index in [1.807, 2.05) is 36.4 Å². The number of fused-ring (bicyclic) bond motifs is 1. The van der Waals surface area contributed by atoms with Gasteiger partial charge in [-0.1, -0.05) is 50.1 Å². The average molecular weight is 393 g/mol. The van der Waals surface area contributed by atoms with E-state index in [2.05, 4.69) is 33.7 Å². The number of hydrazine groups is 1. The minimum atomic E-state index is -0.404. The largest absolute Gasteiger partial charge is 0.483 e. The van der Waals surface area contributed by atoms with E-state index in [1.54, 1.807) is 0 Å². The second-order valence-corrected chi connectivity index (χ2v) is 6.23. The van der Waals surface area contributed by atoms with Gasteiger partial charge in [0.1, 0.15) is 5.75 Å². The Bertz CT molecular complexity index is 718. The molecule has 0 saturated carbocycles. The molecular weight excluding hydrogens is 372 g/mol. The van der Waals surface area contributed by atoms with Crippen molar-refractivity contribution in [3.8, 4) is 5.75 Å². The number of hydrogen-bond acceptors (Lipinski definition) is 3. The average Bonchev–Trinajstić information content (AvgIpc) is 2.60. The molecule has 0 unspecified atom stereocenters. The number of carbonyl (C=O) groups excluding carboxylic acids is 2. The molecule has 0 atom stereocenters. The Hall–Kier alpha value is -2.08. The third-order valence-electron chi connectivity index (χ3n) is 3.54. The number of amides is 2. The Morgan fingerprint density at radius 3 is 2.58 bits per heavy atom. The molecule has 2 rings (SSSR count). The molecule has 0 aromatic heterocycles. The molecule has 2 aromatic rings. The number of rotatable bonds is 7. The molecule has 24 heavy (non-hydrogen) atoms. The molecule has 0 aliphatic carbocycles. The van der Waals surface area contributed by atoms with Crippen LogP contribution in [0, 0.1) is 0 Å². The molecule has 128 valence electrons. The number of benzene rings is 2. The van der Waals surface area contributed by atoms with Gasteiger partial charge >= 0.3 is 0 Å². The monoisotopic (exact) mass is 392 g/mol. The van der Waals surface area contributed by atoms with E-state index in [4.69, 9.17) is 4.74 Å². The summed E-state index contributed by atoms with van der Waals surface area (Å²) in [6, 6.07) is 11.6. The molecule has 5 nitrogen and oxygen atoms in total. The summed E-state index contributed by atoms with van der Waals surface area (Å²) in [6.07, 6.45) is 3.28. The molecule has 6 heteroatoms. The van der Waals surface area contributed by atoms with Crippen LogP contribution in [0.2, 0.25) is 0 Å². The zero-order valence-electron chi connectivity index (χ0n) is 13.6. The van der Waals surface area contributed by atoms with Crippen molar-refractivity contribution in [1.82, 2.24) is 10.9 Å². The number of carbonyl (C=O) groups is 2. The Morgan fingerprint density at radius 1 is 1.04 bits per heavy atom. The van der Waals surface area contributed by atoms with Gasteiger partial charge in [0.25, 0.3) is 5.91 Å². The number of nitrogens with one attached hydrogen (secondary N) is 2. The van der Waals surface area contributed by atoms with Crippen LogP contribution in [0.3, 0.4) is 0 Å². The number of ether oxygens (including phenoxy) is 1. The van der Waals surface area contributed by atoms with Crippen molar-refractivity contribution in [2.75, 3.05) is 6.61 Å². The van der Waals surface area contributed by atoms with E-state index in [-0.39, 0.29) is 12.5 Å². The van der Waals surface area contributed by atoms with Crippen LogP contribution >= 0.6 is 15.9 Å². The van der Waals surface area contributed by atoms with Crippen molar-refractivity contribution in [1.29, 1.82) is 0 Å². The van der Waals surface area contributed by atoms with Gasteiger partial charge in [-0.2, -0.15) is 0 Å².